The monoisotopic (exact) mass is 425 g/mol. The summed E-state index contributed by atoms with van der Waals surface area (Å²) in [7, 11) is 0. The molecule has 1 aromatic heterocycles. The minimum absolute atomic E-state index is 0.0346. The zero-order chi connectivity index (χ0) is 17.1. The molecule has 0 aliphatic heterocycles. The molecule has 0 fully saturated rings. The van der Waals surface area contributed by atoms with Crippen molar-refractivity contribution in [3.63, 3.8) is 0 Å². The third-order valence-corrected chi connectivity index (χ3v) is 4.61. The first-order valence-electron chi connectivity index (χ1n) is 6.67. The topological polar surface area (TPSA) is 82.1 Å². The van der Waals surface area contributed by atoms with Gasteiger partial charge in [-0.2, -0.15) is 0 Å². The van der Waals surface area contributed by atoms with Gasteiger partial charge in [-0.15, -0.1) is 10.2 Å². The molecule has 0 spiro atoms. The number of nitrogens with zero attached hydrogens (tertiary/aromatic N) is 3. The van der Waals surface area contributed by atoms with Crippen molar-refractivity contribution in [2.24, 2.45) is 0 Å². The quantitative estimate of drug-likeness (QED) is 0.310. The molecule has 122 valence electrons. The third-order valence-electron chi connectivity index (χ3n) is 3.01. The zero-order valence-corrected chi connectivity index (χ0v) is 15.1. The van der Waals surface area contributed by atoms with Crippen LogP contribution in [0.1, 0.15) is 5.56 Å². The molecule has 0 unspecified atom stereocenters. The summed E-state index contributed by atoms with van der Waals surface area (Å²) >= 11 is 10.4. The Kier molecular flexibility index (Phi) is 5.17. The van der Waals surface area contributed by atoms with Gasteiger partial charge < -0.3 is 4.42 Å². The molecule has 0 saturated carbocycles. The minimum atomic E-state index is -0.426. The summed E-state index contributed by atoms with van der Waals surface area (Å²) in [4.78, 5) is 10.5. The number of nitro groups is 1. The third kappa shape index (κ3) is 4.14. The van der Waals surface area contributed by atoms with Crippen molar-refractivity contribution in [3.8, 4) is 11.5 Å². The van der Waals surface area contributed by atoms with Crippen LogP contribution in [0.4, 0.5) is 5.69 Å². The molecule has 3 aromatic rings. The molecule has 9 heteroatoms. The average molecular weight is 427 g/mol. The van der Waals surface area contributed by atoms with Crippen LogP contribution >= 0.6 is 39.3 Å². The number of aromatic nitrogens is 2. The van der Waals surface area contributed by atoms with Gasteiger partial charge in [-0.25, -0.2) is 0 Å². The number of halogens is 2. The molecule has 0 aliphatic carbocycles. The van der Waals surface area contributed by atoms with E-state index in [-0.39, 0.29) is 5.69 Å². The standard InChI is InChI=1S/C15H9BrClN3O3S/c16-11-5-9(6-13(7-11)20(21)22)8-24-15-19-18-14(23-15)10-1-3-12(17)4-2-10/h1-7H,8H2. The van der Waals surface area contributed by atoms with Gasteiger partial charge in [0.1, 0.15) is 0 Å². The minimum Gasteiger partial charge on any atom is -0.411 e. The van der Waals surface area contributed by atoms with E-state index in [0.717, 1.165) is 11.1 Å². The van der Waals surface area contributed by atoms with Crippen LogP contribution in [0.3, 0.4) is 0 Å². The normalized spacial score (nSPS) is 10.8. The van der Waals surface area contributed by atoms with E-state index in [1.165, 1.54) is 23.9 Å². The number of benzene rings is 2. The Balaban J connectivity index is 1.72. The van der Waals surface area contributed by atoms with E-state index in [1.807, 2.05) is 6.07 Å². The van der Waals surface area contributed by atoms with Crippen molar-refractivity contribution in [2.75, 3.05) is 0 Å². The van der Waals surface area contributed by atoms with Crippen LogP contribution in [-0.2, 0) is 5.75 Å². The van der Waals surface area contributed by atoms with E-state index in [9.17, 15) is 10.1 Å². The molecule has 1 heterocycles. The number of non-ortho nitro benzene ring substituents is 1. The fourth-order valence-electron chi connectivity index (χ4n) is 1.94. The maximum Gasteiger partial charge on any atom is 0.277 e. The molecule has 0 saturated heterocycles. The fraction of sp³-hybridized carbons (Fsp3) is 0.0667. The van der Waals surface area contributed by atoms with Gasteiger partial charge in [0.05, 0.1) is 4.92 Å². The Bertz CT molecular complexity index is 886. The Morgan fingerprint density at radius 3 is 2.67 bits per heavy atom. The smallest absolute Gasteiger partial charge is 0.277 e. The van der Waals surface area contributed by atoms with E-state index in [0.29, 0.717) is 26.4 Å². The summed E-state index contributed by atoms with van der Waals surface area (Å²) in [6.45, 7) is 0. The Morgan fingerprint density at radius 1 is 1.21 bits per heavy atom. The van der Waals surface area contributed by atoms with E-state index >= 15 is 0 Å². The molecular formula is C15H9BrClN3O3S. The number of rotatable bonds is 5. The van der Waals surface area contributed by atoms with Gasteiger partial charge >= 0.3 is 0 Å². The second-order valence-corrected chi connectivity index (χ2v) is 7.02. The molecule has 0 atom stereocenters. The van der Waals surface area contributed by atoms with Crippen LogP contribution < -0.4 is 0 Å². The Labute approximate surface area is 154 Å². The van der Waals surface area contributed by atoms with Gasteiger partial charge in [0.25, 0.3) is 10.9 Å². The summed E-state index contributed by atoms with van der Waals surface area (Å²) in [5, 5.41) is 19.9. The molecule has 24 heavy (non-hydrogen) atoms. The molecule has 0 bridgehead atoms. The average Bonchev–Trinajstić information content (AvgIpc) is 3.02. The molecule has 0 amide bonds. The van der Waals surface area contributed by atoms with E-state index < -0.39 is 4.92 Å². The van der Waals surface area contributed by atoms with Gasteiger partial charge in [-0.1, -0.05) is 39.3 Å². The van der Waals surface area contributed by atoms with Crippen molar-refractivity contribution in [3.05, 3.63) is 67.6 Å². The second-order valence-electron chi connectivity index (χ2n) is 4.74. The highest BCUT2D eigenvalue weighted by molar-refractivity contribution is 9.10. The summed E-state index contributed by atoms with van der Waals surface area (Å²) in [6, 6.07) is 11.9. The van der Waals surface area contributed by atoms with Gasteiger partial charge in [-0.05, 0) is 35.9 Å². The van der Waals surface area contributed by atoms with Crippen LogP contribution in [0, 0.1) is 10.1 Å². The highest BCUT2D eigenvalue weighted by atomic mass is 79.9. The van der Waals surface area contributed by atoms with Crippen molar-refractivity contribution < 1.29 is 9.34 Å². The first kappa shape index (κ1) is 16.9. The largest absolute Gasteiger partial charge is 0.411 e. The lowest BCUT2D eigenvalue weighted by Crippen LogP contribution is -1.90. The lowest BCUT2D eigenvalue weighted by Gasteiger charge is -2.00. The maximum absolute atomic E-state index is 10.9. The highest BCUT2D eigenvalue weighted by Gasteiger charge is 2.12. The molecule has 6 nitrogen and oxygen atoms in total. The first-order chi connectivity index (χ1) is 11.5. The van der Waals surface area contributed by atoms with Crippen LogP contribution in [0.15, 0.2) is 56.6 Å². The van der Waals surface area contributed by atoms with E-state index in [4.69, 9.17) is 16.0 Å². The molecule has 3 rings (SSSR count). The maximum atomic E-state index is 10.9. The second kappa shape index (κ2) is 7.33. The number of hydrogen-bond acceptors (Lipinski definition) is 6. The Hall–Kier alpha value is -1.90. The van der Waals surface area contributed by atoms with Crippen LogP contribution in [0.2, 0.25) is 5.02 Å². The van der Waals surface area contributed by atoms with Gasteiger partial charge in [-0.3, -0.25) is 10.1 Å². The van der Waals surface area contributed by atoms with Crippen LogP contribution in [0.5, 0.6) is 0 Å². The fourth-order valence-corrected chi connectivity index (χ4v) is 3.29. The molecule has 0 N–H and O–H groups in total. The van der Waals surface area contributed by atoms with Crippen molar-refractivity contribution in [1.82, 2.24) is 10.2 Å². The Morgan fingerprint density at radius 2 is 1.96 bits per heavy atom. The van der Waals surface area contributed by atoms with E-state index in [2.05, 4.69) is 26.1 Å². The summed E-state index contributed by atoms with van der Waals surface area (Å²) in [5.41, 5.74) is 1.59. The number of hydrogen-bond donors (Lipinski definition) is 0. The van der Waals surface area contributed by atoms with Crippen LogP contribution in [0.25, 0.3) is 11.5 Å². The molecule has 0 radical (unpaired) electrons. The SMILES string of the molecule is O=[N+]([O-])c1cc(Br)cc(CSc2nnc(-c3ccc(Cl)cc3)o2)c1. The highest BCUT2D eigenvalue weighted by Crippen LogP contribution is 2.29. The number of nitro benzene ring substituents is 1. The summed E-state index contributed by atoms with van der Waals surface area (Å²) in [6.07, 6.45) is 0. The van der Waals surface area contributed by atoms with E-state index in [1.54, 1.807) is 24.3 Å². The van der Waals surface area contributed by atoms with Gasteiger partial charge in [0, 0.05) is 32.9 Å². The molecule has 2 aromatic carbocycles. The van der Waals surface area contributed by atoms with Crippen LogP contribution in [-0.4, -0.2) is 15.1 Å². The van der Waals surface area contributed by atoms with Gasteiger partial charge in [0.15, 0.2) is 0 Å². The first-order valence-corrected chi connectivity index (χ1v) is 8.83. The van der Waals surface area contributed by atoms with Crippen molar-refractivity contribution >= 4 is 45.0 Å². The van der Waals surface area contributed by atoms with Crippen molar-refractivity contribution in [2.45, 2.75) is 11.0 Å². The predicted molar refractivity (Wildman–Crippen MR) is 95.1 cm³/mol. The lowest BCUT2D eigenvalue weighted by atomic mass is 10.2. The predicted octanol–water partition coefficient (Wildman–Crippen LogP) is 5.35. The number of thioether (sulfide) groups is 1. The zero-order valence-electron chi connectivity index (χ0n) is 12.0. The lowest BCUT2D eigenvalue weighted by molar-refractivity contribution is -0.385. The summed E-state index contributed by atoms with van der Waals surface area (Å²) < 4.78 is 6.24. The molecular weight excluding hydrogens is 418 g/mol. The molecule has 0 aliphatic rings. The van der Waals surface area contributed by atoms with Crippen molar-refractivity contribution in [1.29, 1.82) is 0 Å². The van der Waals surface area contributed by atoms with Gasteiger partial charge in [0.2, 0.25) is 5.89 Å². The summed E-state index contributed by atoms with van der Waals surface area (Å²) in [5.74, 6) is 0.872.